The van der Waals surface area contributed by atoms with Crippen LogP contribution < -0.4 is 9.47 Å². The molecule has 1 aliphatic rings. The Bertz CT molecular complexity index is 1200. The molecule has 0 spiro atoms. The van der Waals surface area contributed by atoms with E-state index < -0.39 is 0 Å². The van der Waals surface area contributed by atoms with Crippen LogP contribution in [0.1, 0.15) is 23.6 Å². The number of hydrogen-bond donors (Lipinski definition) is 0. The van der Waals surface area contributed by atoms with Crippen LogP contribution in [0, 0.1) is 5.82 Å². The van der Waals surface area contributed by atoms with E-state index in [-0.39, 0.29) is 11.7 Å². The molecule has 3 aromatic rings. The van der Waals surface area contributed by atoms with E-state index in [1.54, 1.807) is 17.0 Å². The Morgan fingerprint density at radius 2 is 1.74 bits per heavy atom. The number of rotatable bonds is 9. The van der Waals surface area contributed by atoms with Crippen molar-refractivity contribution in [3.05, 3.63) is 100 Å². The lowest BCUT2D eigenvalue weighted by atomic mass is 10.1. The lowest BCUT2D eigenvalue weighted by molar-refractivity contribution is -0.122. The molecule has 34 heavy (non-hydrogen) atoms. The largest absolute Gasteiger partial charge is 0.490 e. The van der Waals surface area contributed by atoms with Crippen LogP contribution in [0.25, 0.3) is 6.08 Å². The van der Waals surface area contributed by atoms with Crippen LogP contribution in [0.4, 0.5) is 4.39 Å². The van der Waals surface area contributed by atoms with E-state index in [0.717, 1.165) is 23.1 Å². The molecule has 1 heterocycles. The summed E-state index contributed by atoms with van der Waals surface area (Å²) in [6.45, 7) is 3.21. The van der Waals surface area contributed by atoms with Gasteiger partial charge in [-0.25, -0.2) is 4.39 Å². The van der Waals surface area contributed by atoms with Crippen molar-refractivity contribution in [3.63, 3.8) is 0 Å². The first-order valence-electron chi connectivity index (χ1n) is 11.0. The first kappa shape index (κ1) is 24.0. The van der Waals surface area contributed by atoms with Crippen molar-refractivity contribution in [1.82, 2.24) is 4.90 Å². The van der Waals surface area contributed by atoms with Gasteiger partial charge in [-0.2, -0.15) is 0 Å². The van der Waals surface area contributed by atoms with Gasteiger partial charge in [-0.05, 0) is 60.4 Å². The Hall–Kier alpha value is -3.16. The lowest BCUT2D eigenvalue weighted by Crippen LogP contribution is -2.30. The third-order valence-corrected chi connectivity index (χ3v) is 6.59. The highest BCUT2D eigenvalue weighted by Gasteiger charge is 2.31. The maximum atomic E-state index is 13.1. The molecule has 4 rings (SSSR count). The summed E-state index contributed by atoms with van der Waals surface area (Å²) in [5.41, 5.74) is 2.84. The molecule has 0 saturated carbocycles. The predicted molar refractivity (Wildman–Crippen MR) is 138 cm³/mol. The Kier molecular flexibility index (Phi) is 7.98. The van der Waals surface area contributed by atoms with Crippen molar-refractivity contribution >= 4 is 40.3 Å². The zero-order valence-electron chi connectivity index (χ0n) is 18.7. The number of nitrogens with zero attached hydrogens (tertiary/aromatic N) is 1. The van der Waals surface area contributed by atoms with Gasteiger partial charge in [0, 0.05) is 6.54 Å². The number of halogens is 1. The summed E-state index contributed by atoms with van der Waals surface area (Å²) in [5, 5.41) is 0. The van der Waals surface area contributed by atoms with Gasteiger partial charge in [-0.1, -0.05) is 72.5 Å². The molecule has 0 atom stereocenters. The van der Waals surface area contributed by atoms with Crippen molar-refractivity contribution in [1.29, 1.82) is 0 Å². The molecule has 0 N–H and O–H groups in total. The van der Waals surface area contributed by atoms with Crippen LogP contribution in [0.2, 0.25) is 0 Å². The highest BCUT2D eigenvalue weighted by molar-refractivity contribution is 8.26. The van der Waals surface area contributed by atoms with E-state index in [1.807, 2.05) is 61.5 Å². The van der Waals surface area contributed by atoms with Gasteiger partial charge in [0.05, 0.1) is 11.5 Å². The van der Waals surface area contributed by atoms with Crippen molar-refractivity contribution in [2.45, 2.75) is 20.0 Å². The number of carbonyl (C=O) groups excluding carboxylic acids is 1. The molecule has 0 aliphatic carbocycles. The minimum Gasteiger partial charge on any atom is -0.490 e. The SMILES string of the molecule is CCOc1cc(/C=C2\SC(=S)N(CCc3ccccc3)C2=O)ccc1OCc1ccc(F)cc1. The number of hydrogen-bond acceptors (Lipinski definition) is 5. The van der Waals surface area contributed by atoms with Crippen LogP contribution >= 0.6 is 24.0 Å². The van der Waals surface area contributed by atoms with Crippen molar-refractivity contribution in [2.24, 2.45) is 0 Å². The Morgan fingerprint density at radius 1 is 0.971 bits per heavy atom. The standard InChI is InChI=1S/C27H24FNO3S2/c1-2-31-24-16-21(10-13-23(24)32-18-20-8-11-22(28)12-9-20)17-25-26(30)29(27(33)34-25)15-14-19-6-4-3-5-7-19/h3-13,16-17H,2,14-15,18H2,1H3/b25-17-. The van der Waals surface area contributed by atoms with E-state index in [4.69, 9.17) is 21.7 Å². The predicted octanol–water partition coefficient (Wildman–Crippen LogP) is 6.25. The minimum atomic E-state index is -0.284. The van der Waals surface area contributed by atoms with Gasteiger partial charge < -0.3 is 9.47 Å². The maximum absolute atomic E-state index is 13.1. The fourth-order valence-electron chi connectivity index (χ4n) is 3.47. The van der Waals surface area contributed by atoms with Crippen molar-refractivity contribution < 1.29 is 18.7 Å². The third kappa shape index (κ3) is 6.04. The minimum absolute atomic E-state index is 0.0828. The number of thioether (sulfide) groups is 1. The molecule has 1 amide bonds. The molecular weight excluding hydrogens is 469 g/mol. The smallest absolute Gasteiger partial charge is 0.266 e. The quantitative estimate of drug-likeness (QED) is 0.260. The highest BCUT2D eigenvalue weighted by atomic mass is 32.2. The summed E-state index contributed by atoms with van der Waals surface area (Å²) in [6.07, 6.45) is 2.57. The first-order chi connectivity index (χ1) is 16.5. The van der Waals surface area contributed by atoms with E-state index >= 15 is 0 Å². The lowest BCUT2D eigenvalue weighted by Gasteiger charge is -2.14. The summed E-state index contributed by atoms with van der Waals surface area (Å²) in [5.74, 6) is 0.797. The Balaban J connectivity index is 1.46. The summed E-state index contributed by atoms with van der Waals surface area (Å²) < 4.78 is 25.4. The summed E-state index contributed by atoms with van der Waals surface area (Å²) >= 11 is 6.77. The molecule has 0 aromatic heterocycles. The monoisotopic (exact) mass is 493 g/mol. The molecule has 1 saturated heterocycles. The van der Waals surface area contributed by atoms with Gasteiger partial charge in [0.25, 0.3) is 5.91 Å². The fraction of sp³-hybridized carbons (Fsp3) is 0.185. The second-order valence-electron chi connectivity index (χ2n) is 7.62. The van der Waals surface area contributed by atoms with E-state index in [1.165, 1.54) is 23.9 Å². The third-order valence-electron chi connectivity index (χ3n) is 5.21. The molecule has 0 unspecified atom stereocenters. The molecule has 7 heteroatoms. The second kappa shape index (κ2) is 11.3. The van der Waals surface area contributed by atoms with Gasteiger partial charge in [-0.15, -0.1) is 0 Å². The van der Waals surface area contributed by atoms with Gasteiger partial charge >= 0.3 is 0 Å². The van der Waals surface area contributed by atoms with Crippen LogP contribution in [-0.4, -0.2) is 28.3 Å². The van der Waals surface area contributed by atoms with E-state index in [2.05, 4.69) is 0 Å². The molecule has 3 aromatic carbocycles. The van der Waals surface area contributed by atoms with Crippen LogP contribution in [0.5, 0.6) is 11.5 Å². The van der Waals surface area contributed by atoms with Crippen molar-refractivity contribution in [3.8, 4) is 11.5 Å². The van der Waals surface area contributed by atoms with Gasteiger partial charge in [0.2, 0.25) is 0 Å². The average molecular weight is 494 g/mol. The van der Waals surface area contributed by atoms with Crippen LogP contribution in [-0.2, 0) is 17.8 Å². The molecule has 174 valence electrons. The number of ether oxygens (including phenoxy) is 2. The summed E-state index contributed by atoms with van der Waals surface area (Å²) in [4.78, 5) is 15.2. The van der Waals surface area contributed by atoms with E-state index in [9.17, 15) is 9.18 Å². The normalized spacial score (nSPS) is 14.6. The average Bonchev–Trinajstić information content (AvgIpc) is 3.11. The Morgan fingerprint density at radius 3 is 2.47 bits per heavy atom. The van der Waals surface area contributed by atoms with Crippen LogP contribution in [0.3, 0.4) is 0 Å². The zero-order chi connectivity index (χ0) is 23.9. The molecule has 0 bridgehead atoms. The molecule has 0 radical (unpaired) electrons. The van der Waals surface area contributed by atoms with E-state index in [0.29, 0.717) is 40.5 Å². The number of amides is 1. The fourth-order valence-corrected chi connectivity index (χ4v) is 4.78. The van der Waals surface area contributed by atoms with Crippen LogP contribution in [0.15, 0.2) is 77.7 Å². The summed E-state index contributed by atoms with van der Waals surface area (Å²) in [6, 6.07) is 21.8. The number of benzene rings is 3. The molecule has 4 nitrogen and oxygen atoms in total. The topological polar surface area (TPSA) is 38.8 Å². The zero-order valence-corrected chi connectivity index (χ0v) is 20.3. The van der Waals surface area contributed by atoms with Gasteiger partial charge in [0.1, 0.15) is 16.7 Å². The molecular formula is C27H24FNO3S2. The molecule has 1 aliphatic heterocycles. The Labute approximate surface area is 208 Å². The first-order valence-corrected chi connectivity index (χ1v) is 12.2. The number of carbonyl (C=O) groups is 1. The number of thiocarbonyl (C=S) groups is 1. The highest BCUT2D eigenvalue weighted by Crippen LogP contribution is 2.35. The van der Waals surface area contributed by atoms with Gasteiger partial charge in [-0.3, -0.25) is 9.69 Å². The second-order valence-corrected chi connectivity index (χ2v) is 9.30. The van der Waals surface area contributed by atoms with Gasteiger partial charge in [0.15, 0.2) is 11.5 Å². The van der Waals surface area contributed by atoms with Crippen molar-refractivity contribution in [2.75, 3.05) is 13.2 Å². The maximum Gasteiger partial charge on any atom is 0.266 e. The summed E-state index contributed by atoms with van der Waals surface area (Å²) in [7, 11) is 0. The molecule has 1 fully saturated rings.